The SMILES string of the molecule is Nc1nc(Cl)nc(-c2cccc(Cl)c2)n1. The van der Waals surface area contributed by atoms with Gasteiger partial charge in [-0.25, -0.2) is 0 Å². The van der Waals surface area contributed by atoms with Crippen LogP contribution in [0.3, 0.4) is 0 Å². The van der Waals surface area contributed by atoms with E-state index in [1.165, 1.54) is 0 Å². The van der Waals surface area contributed by atoms with Crippen LogP contribution in [0.25, 0.3) is 11.4 Å². The molecule has 0 aliphatic carbocycles. The Balaban J connectivity index is 2.54. The predicted molar refractivity (Wildman–Crippen MR) is 59.7 cm³/mol. The number of aromatic nitrogens is 3. The molecule has 2 N–H and O–H groups in total. The third kappa shape index (κ3) is 2.34. The van der Waals surface area contributed by atoms with Gasteiger partial charge in [0.25, 0.3) is 0 Å². The van der Waals surface area contributed by atoms with Gasteiger partial charge in [-0.2, -0.15) is 15.0 Å². The molecule has 6 heteroatoms. The Morgan fingerprint density at radius 2 is 1.87 bits per heavy atom. The van der Waals surface area contributed by atoms with E-state index in [4.69, 9.17) is 28.9 Å². The Labute approximate surface area is 96.1 Å². The lowest BCUT2D eigenvalue weighted by molar-refractivity contribution is 1.07. The van der Waals surface area contributed by atoms with E-state index in [1.54, 1.807) is 18.2 Å². The normalized spacial score (nSPS) is 10.3. The van der Waals surface area contributed by atoms with E-state index in [9.17, 15) is 0 Å². The zero-order valence-corrected chi connectivity index (χ0v) is 9.00. The molecule has 1 heterocycles. The van der Waals surface area contributed by atoms with Gasteiger partial charge in [0.1, 0.15) is 0 Å². The van der Waals surface area contributed by atoms with Crippen LogP contribution in [0.15, 0.2) is 24.3 Å². The zero-order chi connectivity index (χ0) is 10.8. The molecule has 2 aromatic rings. The minimum absolute atomic E-state index is 0.0671. The van der Waals surface area contributed by atoms with Gasteiger partial charge < -0.3 is 5.73 Å². The van der Waals surface area contributed by atoms with Crippen LogP contribution in [0.5, 0.6) is 0 Å². The molecule has 0 aliphatic heterocycles. The number of nitrogens with two attached hydrogens (primary N) is 1. The molecule has 0 spiro atoms. The van der Waals surface area contributed by atoms with Crippen molar-refractivity contribution in [1.82, 2.24) is 15.0 Å². The van der Waals surface area contributed by atoms with Gasteiger partial charge in [0.05, 0.1) is 0 Å². The first-order valence-electron chi connectivity index (χ1n) is 4.08. The molecule has 0 unspecified atom stereocenters. The summed E-state index contributed by atoms with van der Waals surface area (Å²) in [6.45, 7) is 0. The van der Waals surface area contributed by atoms with Crippen molar-refractivity contribution in [2.75, 3.05) is 5.73 Å². The third-order valence-electron chi connectivity index (χ3n) is 1.71. The summed E-state index contributed by atoms with van der Waals surface area (Å²) in [5, 5.41) is 0.667. The highest BCUT2D eigenvalue weighted by Gasteiger charge is 2.05. The molecule has 76 valence electrons. The molecule has 0 amide bonds. The monoisotopic (exact) mass is 240 g/mol. The van der Waals surface area contributed by atoms with Crippen molar-refractivity contribution in [3.05, 3.63) is 34.6 Å². The van der Waals surface area contributed by atoms with E-state index >= 15 is 0 Å². The summed E-state index contributed by atoms with van der Waals surface area (Å²) in [5.74, 6) is 0.500. The topological polar surface area (TPSA) is 64.7 Å². The van der Waals surface area contributed by atoms with Crippen LogP contribution >= 0.6 is 23.2 Å². The van der Waals surface area contributed by atoms with Crippen molar-refractivity contribution < 1.29 is 0 Å². The first-order chi connectivity index (χ1) is 7.15. The van der Waals surface area contributed by atoms with Gasteiger partial charge in [-0.05, 0) is 23.7 Å². The lowest BCUT2D eigenvalue weighted by Gasteiger charge is -2.01. The minimum Gasteiger partial charge on any atom is -0.368 e. The van der Waals surface area contributed by atoms with Gasteiger partial charge >= 0.3 is 0 Å². The number of nitrogens with zero attached hydrogens (tertiary/aromatic N) is 3. The summed E-state index contributed by atoms with van der Waals surface area (Å²) in [4.78, 5) is 11.6. The van der Waals surface area contributed by atoms with Crippen molar-refractivity contribution in [1.29, 1.82) is 0 Å². The van der Waals surface area contributed by atoms with Crippen molar-refractivity contribution in [2.24, 2.45) is 0 Å². The molecular formula is C9H6Cl2N4. The zero-order valence-electron chi connectivity index (χ0n) is 7.48. The average molecular weight is 241 g/mol. The first-order valence-corrected chi connectivity index (χ1v) is 4.84. The Morgan fingerprint density at radius 1 is 1.07 bits per heavy atom. The van der Waals surface area contributed by atoms with Gasteiger partial charge in [-0.1, -0.05) is 23.7 Å². The van der Waals surface area contributed by atoms with E-state index in [-0.39, 0.29) is 11.2 Å². The summed E-state index contributed by atoms with van der Waals surface area (Å²) in [7, 11) is 0. The number of anilines is 1. The maximum atomic E-state index is 5.84. The molecule has 0 saturated carbocycles. The molecule has 0 bridgehead atoms. The molecule has 0 saturated heterocycles. The average Bonchev–Trinajstić information content (AvgIpc) is 2.16. The quantitative estimate of drug-likeness (QED) is 0.832. The summed E-state index contributed by atoms with van der Waals surface area (Å²) in [5.41, 5.74) is 6.20. The second-order valence-electron chi connectivity index (χ2n) is 2.80. The number of benzene rings is 1. The van der Waals surface area contributed by atoms with Crippen molar-refractivity contribution in [3.63, 3.8) is 0 Å². The maximum Gasteiger partial charge on any atom is 0.227 e. The fraction of sp³-hybridized carbons (Fsp3) is 0. The van der Waals surface area contributed by atoms with Crippen molar-refractivity contribution in [2.45, 2.75) is 0 Å². The van der Waals surface area contributed by atoms with Gasteiger partial charge in [-0.15, -0.1) is 0 Å². The molecule has 1 aromatic carbocycles. The van der Waals surface area contributed by atoms with Crippen LogP contribution in [0.1, 0.15) is 0 Å². The number of rotatable bonds is 1. The van der Waals surface area contributed by atoms with Gasteiger partial charge in [0.15, 0.2) is 5.82 Å². The van der Waals surface area contributed by atoms with Crippen LogP contribution in [0, 0.1) is 0 Å². The number of hydrogen-bond donors (Lipinski definition) is 1. The van der Waals surface area contributed by atoms with E-state index < -0.39 is 0 Å². The van der Waals surface area contributed by atoms with Gasteiger partial charge in [0.2, 0.25) is 11.2 Å². The van der Waals surface area contributed by atoms with E-state index in [2.05, 4.69) is 15.0 Å². The molecule has 4 nitrogen and oxygen atoms in total. The smallest absolute Gasteiger partial charge is 0.227 e. The minimum atomic E-state index is 0.0671. The summed E-state index contributed by atoms with van der Waals surface area (Å²) < 4.78 is 0. The molecule has 15 heavy (non-hydrogen) atoms. The molecule has 2 rings (SSSR count). The first kappa shape index (κ1) is 10.1. The van der Waals surface area contributed by atoms with E-state index in [0.717, 1.165) is 5.56 Å². The van der Waals surface area contributed by atoms with Crippen LogP contribution in [0.4, 0.5) is 5.95 Å². The van der Waals surface area contributed by atoms with Crippen LogP contribution < -0.4 is 5.73 Å². The number of hydrogen-bond acceptors (Lipinski definition) is 4. The fourth-order valence-electron chi connectivity index (χ4n) is 1.12. The van der Waals surface area contributed by atoms with Crippen LogP contribution in [0.2, 0.25) is 10.3 Å². The molecule has 0 fully saturated rings. The maximum absolute atomic E-state index is 5.84. The van der Waals surface area contributed by atoms with Gasteiger partial charge in [0, 0.05) is 10.6 Å². The predicted octanol–water partition coefficient (Wildman–Crippen LogP) is 2.43. The van der Waals surface area contributed by atoms with Crippen LogP contribution in [-0.2, 0) is 0 Å². The second-order valence-corrected chi connectivity index (χ2v) is 3.57. The lowest BCUT2D eigenvalue weighted by atomic mass is 10.2. The van der Waals surface area contributed by atoms with Gasteiger partial charge in [-0.3, -0.25) is 0 Å². The summed E-state index contributed by atoms with van der Waals surface area (Å²) in [6.07, 6.45) is 0. The van der Waals surface area contributed by atoms with E-state index in [1.807, 2.05) is 6.07 Å². The molecule has 0 aliphatic rings. The standard InChI is InChI=1S/C9H6Cl2N4/c10-6-3-1-2-5(4-6)7-13-8(11)15-9(12)14-7/h1-4H,(H2,12,13,14,15). The molecule has 1 aromatic heterocycles. The third-order valence-corrected chi connectivity index (χ3v) is 2.11. The Morgan fingerprint density at radius 3 is 2.53 bits per heavy atom. The van der Waals surface area contributed by atoms with E-state index in [0.29, 0.717) is 10.8 Å². The van der Waals surface area contributed by atoms with Crippen LogP contribution in [-0.4, -0.2) is 15.0 Å². The highest BCUT2D eigenvalue weighted by atomic mass is 35.5. The second kappa shape index (κ2) is 4.00. The number of nitrogen functional groups attached to an aromatic ring is 1. The Bertz CT molecular complexity index is 481. The molecular weight excluding hydrogens is 235 g/mol. The number of halogens is 2. The Kier molecular flexibility index (Phi) is 2.70. The summed E-state index contributed by atoms with van der Waals surface area (Å²) in [6, 6.07) is 7.10. The lowest BCUT2D eigenvalue weighted by Crippen LogP contribution is -1.99. The Hall–Kier alpha value is -1.39. The highest BCUT2D eigenvalue weighted by molar-refractivity contribution is 6.30. The largest absolute Gasteiger partial charge is 0.368 e. The van der Waals surface area contributed by atoms with Crippen molar-refractivity contribution >= 4 is 29.2 Å². The highest BCUT2D eigenvalue weighted by Crippen LogP contribution is 2.20. The van der Waals surface area contributed by atoms with Crippen molar-refractivity contribution in [3.8, 4) is 11.4 Å². The molecule has 0 radical (unpaired) electrons. The summed E-state index contributed by atoms with van der Waals surface area (Å²) >= 11 is 11.5. The fourth-order valence-corrected chi connectivity index (χ4v) is 1.48. The molecule has 0 atom stereocenters.